The molecular weight excluding hydrogens is 322 g/mol. The quantitative estimate of drug-likeness (QED) is 0.291. The van der Waals surface area contributed by atoms with Crippen molar-refractivity contribution in [1.29, 1.82) is 0 Å². The lowest BCUT2D eigenvalue weighted by Gasteiger charge is -2.19. The molecule has 0 heterocycles. The van der Waals surface area contributed by atoms with Gasteiger partial charge in [0.15, 0.2) is 0 Å². The van der Waals surface area contributed by atoms with Crippen LogP contribution >= 0.6 is 0 Å². The van der Waals surface area contributed by atoms with Crippen LogP contribution < -0.4 is 16.1 Å². The molecule has 0 aliphatic rings. The third-order valence-corrected chi connectivity index (χ3v) is 2.70. The number of esters is 1. The van der Waals surface area contributed by atoms with Gasteiger partial charge in [0, 0.05) is 5.69 Å². The number of nitrogens with one attached hydrogen (secondary N) is 3. The molecule has 136 valence electrons. The Morgan fingerprint density at radius 2 is 1.84 bits per heavy atom. The van der Waals surface area contributed by atoms with Crippen LogP contribution in [0.1, 0.15) is 26.3 Å². The third kappa shape index (κ3) is 8.57. The number of urea groups is 1. The van der Waals surface area contributed by atoms with Crippen molar-refractivity contribution in [1.82, 2.24) is 10.8 Å². The van der Waals surface area contributed by atoms with Gasteiger partial charge in [0.1, 0.15) is 12.1 Å². The largest absolute Gasteiger partial charge is 0.459 e. The molecule has 0 radical (unpaired) electrons. The van der Waals surface area contributed by atoms with Gasteiger partial charge in [-0.25, -0.2) is 4.79 Å². The summed E-state index contributed by atoms with van der Waals surface area (Å²) in [6.45, 7) is 12.8. The van der Waals surface area contributed by atoms with E-state index in [1.165, 1.54) is 0 Å². The molecule has 25 heavy (non-hydrogen) atoms. The van der Waals surface area contributed by atoms with E-state index in [-0.39, 0.29) is 6.54 Å². The number of ether oxygens (including phenoxy) is 1. The summed E-state index contributed by atoms with van der Waals surface area (Å²) >= 11 is 0. The van der Waals surface area contributed by atoms with E-state index in [1.807, 2.05) is 0 Å². The Kier molecular flexibility index (Phi) is 7.68. The Balaban J connectivity index is 2.44. The maximum absolute atomic E-state index is 11.8. The van der Waals surface area contributed by atoms with E-state index in [0.29, 0.717) is 18.0 Å². The van der Waals surface area contributed by atoms with Crippen molar-refractivity contribution in [3.05, 3.63) is 49.1 Å². The Labute approximate surface area is 148 Å². The van der Waals surface area contributed by atoms with Crippen LogP contribution in [-0.2, 0) is 14.4 Å². The zero-order valence-electron chi connectivity index (χ0n) is 14.8. The second kappa shape index (κ2) is 9.48. The summed E-state index contributed by atoms with van der Waals surface area (Å²) < 4.78 is 5.10. The molecule has 0 atom stereocenters. The number of carbonyl (C=O) groups excluding carboxylic acids is 2. The molecule has 0 saturated carbocycles. The molecule has 0 spiro atoms. The standard InChI is InChI=1S/C18H25N3O4/c1-6-11-24-21-13(2)14-7-9-15(10-8-14)20-17(23)19-12-16(22)25-18(3,4)5/h6-10,21H,1-2,11-12H2,3-5H3,(H2,19,20,23). The van der Waals surface area contributed by atoms with Crippen molar-refractivity contribution in [2.24, 2.45) is 0 Å². The van der Waals surface area contributed by atoms with E-state index < -0.39 is 17.6 Å². The molecule has 3 N–H and O–H groups in total. The molecule has 1 aromatic carbocycles. The van der Waals surface area contributed by atoms with E-state index in [9.17, 15) is 9.59 Å². The molecule has 0 aliphatic carbocycles. The molecule has 7 heteroatoms. The van der Waals surface area contributed by atoms with Gasteiger partial charge in [0.05, 0.1) is 12.3 Å². The van der Waals surface area contributed by atoms with Crippen LogP contribution in [0.15, 0.2) is 43.5 Å². The van der Waals surface area contributed by atoms with Crippen LogP contribution in [0.25, 0.3) is 5.70 Å². The number of hydroxylamine groups is 1. The summed E-state index contributed by atoms with van der Waals surface area (Å²) in [7, 11) is 0. The fraction of sp³-hybridized carbons (Fsp3) is 0.333. The van der Waals surface area contributed by atoms with Gasteiger partial charge in [-0.1, -0.05) is 24.8 Å². The minimum Gasteiger partial charge on any atom is -0.459 e. The fourth-order valence-electron chi connectivity index (χ4n) is 1.71. The minimum absolute atomic E-state index is 0.206. The highest BCUT2D eigenvalue weighted by molar-refractivity contribution is 5.91. The van der Waals surface area contributed by atoms with Gasteiger partial charge in [-0.3, -0.25) is 15.1 Å². The van der Waals surface area contributed by atoms with Crippen molar-refractivity contribution >= 4 is 23.4 Å². The topological polar surface area (TPSA) is 88.7 Å². The normalized spacial score (nSPS) is 10.5. The molecule has 2 amide bonds. The molecule has 0 aromatic heterocycles. The molecule has 0 fully saturated rings. The Morgan fingerprint density at radius 3 is 2.40 bits per heavy atom. The molecule has 0 aliphatic heterocycles. The summed E-state index contributed by atoms with van der Waals surface area (Å²) in [5.74, 6) is -0.500. The SMILES string of the molecule is C=CCONC(=C)c1ccc(NC(=O)NCC(=O)OC(C)(C)C)cc1. The molecule has 1 rings (SSSR count). The fourth-order valence-corrected chi connectivity index (χ4v) is 1.71. The van der Waals surface area contributed by atoms with E-state index in [2.05, 4.69) is 29.3 Å². The lowest BCUT2D eigenvalue weighted by molar-refractivity contribution is -0.153. The molecule has 0 unspecified atom stereocenters. The second-order valence-electron chi connectivity index (χ2n) is 6.15. The first-order chi connectivity index (χ1) is 11.7. The number of hydrogen-bond donors (Lipinski definition) is 3. The molecule has 1 aromatic rings. The molecule has 7 nitrogen and oxygen atoms in total. The van der Waals surface area contributed by atoms with E-state index >= 15 is 0 Å². The summed E-state index contributed by atoms with van der Waals surface area (Å²) in [4.78, 5) is 28.4. The van der Waals surface area contributed by atoms with Crippen LogP contribution in [0.2, 0.25) is 0 Å². The predicted molar refractivity (Wildman–Crippen MR) is 97.6 cm³/mol. The summed E-state index contributed by atoms with van der Waals surface area (Å²) in [6, 6.07) is 6.47. The number of carbonyl (C=O) groups is 2. The second-order valence-corrected chi connectivity index (χ2v) is 6.15. The van der Waals surface area contributed by atoms with Crippen LogP contribution in [0.4, 0.5) is 10.5 Å². The third-order valence-electron chi connectivity index (χ3n) is 2.70. The minimum atomic E-state index is -0.586. The molecule has 0 saturated heterocycles. The van der Waals surface area contributed by atoms with Gasteiger partial charge in [0.25, 0.3) is 0 Å². The highest BCUT2D eigenvalue weighted by Gasteiger charge is 2.16. The molecule has 0 bridgehead atoms. The van der Waals surface area contributed by atoms with Crippen molar-refractivity contribution in [2.75, 3.05) is 18.5 Å². The number of amides is 2. The van der Waals surface area contributed by atoms with Gasteiger partial charge >= 0.3 is 12.0 Å². The number of anilines is 1. The lowest BCUT2D eigenvalue weighted by atomic mass is 10.1. The first-order valence-corrected chi connectivity index (χ1v) is 7.76. The van der Waals surface area contributed by atoms with Gasteiger partial charge < -0.3 is 15.4 Å². The highest BCUT2D eigenvalue weighted by atomic mass is 16.6. The first kappa shape index (κ1) is 20.2. The van der Waals surface area contributed by atoms with Gasteiger partial charge in [0.2, 0.25) is 0 Å². The zero-order valence-corrected chi connectivity index (χ0v) is 14.8. The van der Waals surface area contributed by atoms with Crippen molar-refractivity contribution < 1.29 is 19.2 Å². The van der Waals surface area contributed by atoms with E-state index in [0.717, 1.165) is 5.56 Å². The summed E-state index contributed by atoms with van der Waals surface area (Å²) in [5, 5.41) is 5.07. The van der Waals surface area contributed by atoms with Crippen LogP contribution in [-0.4, -0.2) is 30.8 Å². The van der Waals surface area contributed by atoms with E-state index in [1.54, 1.807) is 51.1 Å². The number of rotatable bonds is 8. The first-order valence-electron chi connectivity index (χ1n) is 7.76. The Morgan fingerprint density at radius 1 is 1.20 bits per heavy atom. The monoisotopic (exact) mass is 347 g/mol. The van der Waals surface area contributed by atoms with Crippen LogP contribution in [0, 0.1) is 0 Å². The van der Waals surface area contributed by atoms with Gasteiger partial charge in [-0.05, 0) is 38.5 Å². The Bertz CT molecular complexity index is 618. The van der Waals surface area contributed by atoms with Crippen LogP contribution in [0.5, 0.6) is 0 Å². The maximum Gasteiger partial charge on any atom is 0.325 e. The zero-order chi connectivity index (χ0) is 18.9. The average Bonchev–Trinajstić information content (AvgIpc) is 2.52. The summed E-state index contributed by atoms with van der Waals surface area (Å²) in [6.07, 6.45) is 1.61. The summed E-state index contributed by atoms with van der Waals surface area (Å²) in [5.41, 5.74) is 4.08. The number of benzene rings is 1. The highest BCUT2D eigenvalue weighted by Crippen LogP contribution is 2.14. The smallest absolute Gasteiger partial charge is 0.325 e. The van der Waals surface area contributed by atoms with Gasteiger partial charge in [-0.2, -0.15) is 0 Å². The maximum atomic E-state index is 11.8. The Hall–Kier alpha value is -2.80. The molecular formula is C18H25N3O4. The predicted octanol–water partition coefficient (Wildman–Crippen LogP) is 2.83. The lowest BCUT2D eigenvalue weighted by Crippen LogP contribution is -2.36. The average molecular weight is 347 g/mol. The number of hydrogen-bond acceptors (Lipinski definition) is 5. The van der Waals surface area contributed by atoms with Crippen molar-refractivity contribution in [3.8, 4) is 0 Å². The van der Waals surface area contributed by atoms with Crippen molar-refractivity contribution in [3.63, 3.8) is 0 Å². The van der Waals surface area contributed by atoms with Gasteiger partial charge in [-0.15, -0.1) is 6.58 Å². The van der Waals surface area contributed by atoms with Crippen LogP contribution in [0.3, 0.4) is 0 Å². The van der Waals surface area contributed by atoms with E-state index in [4.69, 9.17) is 9.57 Å². The van der Waals surface area contributed by atoms with Crippen molar-refractivity contribution in [2.45, 2.75) is 26.4 Å².